The van der Waals surface area contributed by atoms with Gasteiger partial charge >= 0.3 is 0 Å². The van der Waals surface area contributed by atoms with Gasteiger partial charge in [-0.2, -0.15) is 11.3 Å². The molecular weight excluding hydrogens is 328 g/mol. The predicted octanol–water partition coefficient (Wildman–Crippen LogP) is 3.60. The molecule has 0 aliphatic rings. The molecule has 4 nitrogen and oxygen atoms in total. The van der Waals surface area contributed by atoms with Crippen LogP contribution >= 0.6 is 11.3 Å². The molecule has 0 aliphatic carbocycles. The summed E-state index contributed by atoms with van der Waals surface area (Å²) in [6.45, 7) is 2.13. The molecule has 23 heavy (non-hydrogen) atoms. The van der Waals surface area contributed by atoms with Gasteiger partial charge in [0.05, 0.1) is 10.6 Å². The molecule has 2 aromatic heterocycles. The molecule has 0 fully saturated rings. The van der Waals surface area contributed by atoms with Crippen LogP contribution in [0.1, 0.15) is 11.1 Å². The van der Waals surface area contributed by atoms with Crippen LogP contribution in [0, 0.1) is 6.92 Å². The molecule has 0 saturated heterocycles. The maximum Gasteiger partial charge on any atom is 0.240 e. The first-order valence-electron chi connectivity index (χ1n) is 7.09. The fraction of sp³-hybridized carbons (Fsp3) is 0.118. The van der Waals surface area contributed by atoms with Crippen LogP contribution in [-0.4, -0.2) is 13.4 Å². The van der Waals surface area contributed by atoms with Crippen molar-refractivity contribution in [3.05, 3.63) is 70.5 Å². The standard InChI is InChI=1S/C17H16N2O2S2/c1-13-4-6-16(7-5-13)23(20,21)19-11-14-3-2-9-18-17(14)15-8-10-22-12-15/h2-10,12,19H,11H2,1H3. The van der Waals surface area contributed by atoms with Gasteiger partial charge in [-0.15, -0.1) is 0 Å². The van der Waals surface area contributed by atoms with E-state index in [1.165, 1.54) is 0 Å². The molecule has 2 heterocycles. The Balaban J connectivity index is 1.82. The molecule has 3 rings (SSSR count). The molecule has 0 amide bonds. The first kappa shape index (κ1) is 15.9. The van der Waals surface area contributed by atoms with E-state index in [2.05, 4.69) is 9.71 Å². The second-order valence-corrected chi connectivity index (χ2v) is 7.71. The quantitative estimate of drug-likeness (QED) is 0.769. The molecule has 0 saturated carbocycles. The van der Waals surface area contributed by atoms with Crippen LogP contribution in [0.4, 0.5) is 0 Å². The SMILES string of the molecule is Cc1ccc(S(=O)(=O)NCc2cccnc2-c2ccsc2)cc1. The average molecular weight is 344 g/mol. The molecular formula is C17H16N2O2S2. The van der Waals surface area contributed by atoms with Crippen LogP contribution in [0.2, 0.25) is 0 Å². The van der Waals surface area contributed by atoms with Gasteiger partial charge in [0.15, 0.2) is 0 Å². The summed E-state index contributed by atoms with van der Waals surface area (Å²) in [6, 6.07) is 12.5. The number of aryl methyl sites for hydroxylation is 1. The van der Waals surface area contributed by atoms with E-state index in [4.69, 9.17) is 0 Å². The number of hydrogen-bond donors (Lipinski definition) is 1. The van der Waals surface area contributed by atoms with Crippen molar-refractivity contribution in [2.45, 2.75) is 18.4 Å². The van der Waals surface area contributed by atoms with E-state index in [1.807, 2.05) is 35.9 Å². The van der Waals surface area contributed by atoms with Crippen molar-refractivity contribution < 1.29 is 8.42 Å². The fourth-order valence-electron chi connectivity index (χ4n) is 2.21. The molecule has 0 spiro atoms. The van der Waals surface area contributed by atoms with E-state index >= 15 is 0 Å². The van der Waals surface area contributed by atoms with E-state index < -0.39 is 10.0 Å². The normalized spacial score (nSPS) is 11.5. The van der Waals surface area contributed by atoms with Crippen molar-refractivity contribution >= 4 is 21.4 Å². The van der Waals surface area contributed by atoms with Crippen molar-refractivity contribution in [2.24, 2.45) is 0 Å². The monoisotopic (exact) mass is 344 g/mol. The van der Waals surface area contributed by atoms with Crippen LogP contribution in [0.15, 0.2) is 64.3 Å². The number of benzene rings is 1. The van der Waals surface area contributed by atoms with Crippen molar-refractivity contribution in [3.8, 4) is 11.3 Å². The highest BCUT2D eigenvalue weighted by molar-refractivity contribution is 7.89. The van der Waals surface area contributed by atoms with Crippen LogP contribution in [0.3, 0.4) is 0 Å². The van der Waals surface area contributed by atoms with Crippen molar-refractivity contribution in [1.82, 2.24) is 9.71 Å². The summed E-state index contributed by atoms with van der Waals surface area (Å²) in [7, 11) is -3.54. The molecule has 0 atom stereocenters. The zero-order valence-corrected chi connectivity index (χ0v) is 14.2. The number of rotatable bonds is 5. The van der Waals surface area contributed by atoms with Gasteiger partial charge in [0.25, 0.3) is 0 Å². The lowest BCUT2D eigenvalue weighted by molar-refractivity contribution is 0.581. The maximum absolute atomic E-state index is 12.4. The Morgan fingerprint density at radius 2 is 1.91 bits per heavy atom. The summed E-state index contributed by atoms with van der Waals surface area (Å²) in [5.74, 6) is 0. The van der Waals surface area contributed by atoms with Crippen LogP contribution in [0.25, 0.3) is 11.3 Å². The van der Waals surface area contributed by atoms with Crippen molar-refractivity contribution in [2.75, 3.05) is 0 Å². The summed E-state index contributed by atoms with van der Waals surface area (Å²) < 4.78 is 27.4. The zero-order chi connectivity index (χ0) is 16.3. The predicted molar refractivity (Wildman–Crippen MR) is 92.8 cm³/mol. The van der Waals surface area contributed by atoms with Crippen LogP contribution in [-0.2, 0) is 16.6 Å². The van der Waals surface area contributed by atoms with Gasteiger partial charge in [-0.05, 0) is 42.1 Å². The lowest BCUT2D eigenvalue weighted by atomic mass is 10.1. The second kappa shape index (κ2) is 6.62. The van der Waals surface area contributed by atoms with E-state index in [9.17, 15) is 8.42 Å². The summed E-state index contributed by atoms with van der Waals surface area (Å²) in [5, 5.41) is 3.98. The Bertz CT molecular complexity index is 887. The minimum Gasteiger partial charge on any atom is -0.256 e. The molecule has 0 aliphatic heterocycles. The van der Waals surface area contributed by atoms with E-state index in [0.29, 0.717) is 0 Å². The summed E-state index contributed by atoms with van der Waals surface area (Å²) in [4.78, 5) is 4.65. The van der Waals surface area contributed by atoms with Gasteiger partial charge in [0, 0.05) is 23.7 Å². The largest absolute Gasteiger partial charge is 0.256 e. The zero-order valence-electron chi connectivity index (χ0n) is 12.6. The Kier molecular flexibility index (Phi) is 4.56. The number of thiophene rings is 1. The summed E-state index contributed by atoms with van der Waals surface area (Å²) in [6.07, 6.45) is 1.71. The van der Waals surface area contributed by atoms with Crippen LogP contribution in [0.5, 0.6) is 0 Å². The molecule has 0 unspecified atom stereocenters. The Morgan fingerprint density at radius 1 is 1.13 bits per heavy atom. The third-order valence-corrected chi connectivity index (χ3v) is 5.57. The number of aromatic nitrogens is 1. The van der Waals surface area contributed by atoms with Gasteiger partial charge in [0.2, 0.25) is 10.0 Å². The summed E-state index contributed by atoms with van der Waals surface area (Å²) >= 11 is 1.59. The highest BCUT2D eigenvalue weighted by Gasteiger charge is 2.15. The minimum atomic E-state index is -3.54. The van der Waals surface area contributed by atoms with E-state index in [1.54, 1.807) is 41.8 Å². The summed E-state index contributed by atoms with van der Waals surface area (Å²) in [5.41, 5.74) is 3.68. The maximum atomic E-state index is 12.4. The number of hydrogen-bond acceptors (Lipinski definition) is 4. The van der Waals surface area contributed by atoms with Crippen LogP contribution < -0.4 is 4.72 Å². The molecule has 1 N–H and O–H groups in total. The third-order valence-electron chi connectivity index (χ3n) is 3.47. The number of sulfonamides is 1. The molecule has 118 valence electrons. The van der Waals surface area contributed by atoms with Gasteiger partial charge in [0.1, 0.15) is 0 Å². The highest BCUT2D eigenvalue weighted by Crippen LogP contribution is 2.23. The van der Waals surface area contributed by atoms with Gasteiger partial charge in [-0.3, -0.25) is 4.98 Å². The van der Waals surface area contributed by atoms with Gasteiger partial charge < -0.3 is 0 Å². The van der Waals surface area contributed by atoms with Gasteiger partial charge in [-0.1, -0.05) is 23.8 Å². The second-order valence-electron chi connectivity index (χ2n) is 5.16. The Morgan fingerprint density at radius 3 is 2.61 bits per heavy atom. The van der Waals surface area contributed by atoms with Crippen molar-refractivity contribution in [1.29, 1.82) is 0 Å². The Labute approximate surface area is 139 Å². The number of pyridine rings is 1. The average Bonchev–Trinajstić information content (AvgIpc) is 3.08. The molecule has 6 heteroatoms. The number of nitrogens with one attached hydrogen (secondary N) is 1. The van der Waals surface area contributed by atoms with E-state index in [0.717, 1.165) is 22.4 Å². The van der Waals surface area contributed by atoms with Gasteiger partial charge in [-0.25, -0.2) is 13.1 Å². The topological polar surface area (TPSA) is 59.1 Å². The van der Waals surface area contributed by atoms with E-state index in [-0.39, 0.29) is 11.4 Å². The molecule has 1 aromatic carbocycles. The smallest absolute Gasteiger partial charge is 0.240 e. The lowest BCUT2D eigenvalue weighted by Crippen LogP contribution is -2.23. The molecule has 0 radical (unpaired) electrons. The van der Waals surface area contributed by atoms with Crippen molar-refractivity contribution in [3.63, 3.8) is 0 Å². The highest BCUT2D eigenvalue weighted by atomic mass is 32.2. The third kappa shape index (κ3) is 3.67. The molecule has 0 bridgehead atoms. The Hall–Kier alpha value is -2.02. The first-order chi connectivity index (χ1) is 11.1. The number of nitrogens with zero attached hydrogens (tertiary/aromatic N) is 1. The lowest BCUT2D eigenvalue weighted by Gasteiger charge is -2.10. The molecule has 3 aromatic rings. The minimum absolute atomic E-state index is 0.204. The fourth-order valence-corrected chi connectivity index (χ4v) is 3.86. The first-order valence-corrected chi connectivity index (χ1v) is 9.52.